The molecule has 0 radical (unpaired) electrons. The average Bonchev–Trinajstić information content (AvgIpc) is 2.79. The predicted molar refractivity (Wildman–Crippen MR) is 65.4 cm³/mol. The van der Waals surface area contributed by atoms with Crippen molar-refractivity contribution in [1.82, 2.24) is 0 Å². The number of rotatable bonds is 3. The highest BCUT2D eigenvalue weighted by Crippen LogP contribution is 2.30. The van der Waals surface area contributed by atoms with Crippen molar-refractivity contribution in [1.29, 1.82) is 5.26 Å². The van der Waals surface area contributed by atoms with E-state index in [-0.39, 0.29) is 36.1 Å². The van der Waals surface area contributed by atoms with Crippen LogP contribution in [0.2, 0.25) is 0 Å². The summed E-state index contributed by atoms with van der Waals surface area (Å²) in [4.78, 5) is 23.3. The second kappa shape index (κ2) is 5.04. The van der Waals surface area contributed by atoms with Crippen molar-refractivity contribution < 1.29 is 14.8 Å². The molecule has 1 unspecified atom stereocenters. The smallest absolute Gasteiger partial charge is 0.270 e. The van der Waals surface area contributed by atoms with Crippen LogP contribution in [0.15, 0.2) is 18.2 Å². The molecule has 1 saturated heterocycles. The van der Waals surface area contributed by atoms with E-state index in [0.29, 0.717) is 12.2 Å². The molecule has 98 valence electrons. The minimum absolute atomic E-state index is 0.0844. The molecule has 0 aliphatic carbocycles. The molecule has 1 amide bonds. The van der Waals surface area contributed by atoms with Gasteiger partial charge in [-0.05, 0) is 6.07 Å². The Morgan fingerprint density at radius 2 is 2.32 bits per heavy atom. The van der Waals surface area contributed by atoms with E-state index in [0.717, 1.165) is 6.07 Å². The maximum atomic E-state index is 11.8. The van der Waals surface area contributed by atoms with Gasteiger partial charge in [0.25, 0.3) is 5.69 Å². The normalized spacial score (nSPS) is 18.4. The molecule has 1 heterocycles. The zero-order chi connectivity index (χ0) is 14.0. The first-order chi connectivity index (χ1) is 9.06. The third-order valence-corrected chi connectivity index (χ3v) is 3.07. The van der Waals surface area contributed by atoms with Crippen molar-refractivity contribution in [3.8, 4) is 6.07 Å². The minimum atomic E-state index is -0.590. The van der Waals surface area contributed by atoms with Gasteiger partial charge in [-0.15, -0.1) is 0 Å². The second-order valence-electron chi connectivity index (χ2n) is 4.33. The Bertz CT molecular complexity index is 579. The van der Waals surface area contributed by atoms with E-state index in [4.69, 9.17) is 10.4 Å². The van der Waals surface area contributed by atoms with Crippen LogP contribution in [0, 0.1) is 27.4 Å². The molecule has 1 N–H and O–H groups in total. The first kappa shape index (κ1) is 13.0. The Kier molecular flexibility index (Phi) is 3.44. The van der Waals surface area contributed by atoms with Crippen LogP contribution >= 0.6 is 0 Å². The van der Waals surface area contributed by atoms with Gasteiger partial charge in [0, 0.05) is 37.6 Å². The summed E-state index contributed by atoms with van der Waals surface area (Å²) in [6.45, 7) is 0.221. The van der Waals surface area contributed by atoms with Crippen LogP contribution in [-0.2, 0) is 4.79 Å². The van der Waals surface area contributed by atoms with Crippen LogP contribution in [0.25, 0.3) is 0 Å². The highest BCUT2D eigenvalue weighted by molar-refractivity contribution is 5.97. The Morgan fingerprint density at radius 1 is 1.58 bits per heavy atom. The molecule has 1 atom stereocenters. The van der Waals surface area contributed by atoms with E-state index < -0.39 is 4.92 Å². The quantitative estimate of drug-likeness (QED) is 0.640. The molecule has 1 fully saturated rings. The number of nitro benzene ring substituents is 1. The van der Waals surface area contributed by atoms with Crippen molar-refractivity contribution in [2.24, 2.45) is 5.92 Å². The third kappa shape index (κ3) is 2.39. The molecular formula is C12H11N3O4. The van der Waals surface area contributed by atoms with Gasteiger partial charge < -0.3 is 10.0 Å². The second-order valence-corrected chi connectivity index (χ2v) is 4.33. The van der Waals surface area contributed by atoms with Crippen LogP contribution < -0.4 is 4.90 Å². The number of nitriles is 1. The van der Waals surface area contributed by atoms with E-state index in [2.05, 4.69) is 0 Å². The summed E-state index contributed by atoms with van der Waals surface area (Å²) < 4.78 is 0. The molecule has 1 aliphatic rings. The van der Waals surface area contributed by atoms with Crippen molar-refractivity contribution >= 4 is 17.3 Å². The highest BCUT2D eigenvalue weighted by atomic mass is 16.6. The van der Waals surface area contributed by atoms with Gasteiger partial charge in [-0.2, -0.15) is 5.26 Å². The number of carbonyl (C=O) groups excluding carboxylic acids is 1. The molecule has 0 bridgehead atoms. The summed E-state index contributed by atoms with van der Waals surface area (Å²) in [5.41, 5.74) is 0.251. The van der Waals surface area contributed by atoms with E-state index in [1.807, 2.05) is 6.07 Å². The molecular weight excluding hydrogens is 250 g/mol. The number of benzene rings is 1. The highest BCUT2D eigenvalue weighted by Gasteiger charge is 2.31. The number of aliphatic hydroxyl groups excluding tert-OH is 1. The lowest BCUT2D eigenvalue weighted by molar-refractivity contribution is -0.384. The lowest BCUT2D eigenvalue weighted by atomic mass is 10.1. The fourth-order valence-corrected chi connectivity index (χ4v) is 2.10. The van der Waals surface area contributed by atoms with Crippen LogP contribution in [0.3, 0.4) is 0 Å². The van der Waals surface area contributed by atoms with E-state index in [1.165, 1.54) is 17.0 Å². The summed E-state index contributed by atoms with van der Waals surface area (Å²) >= 11 is 0. The maximum absolute atomic E-state index is 11.8. The van der Waals surface area contributed by atoms with Crippen molar-refractivity contribution in [2.45, 2.75) is 6.42 Å². The predicted octanol–water partition coefficient (Wildman–Crippen LogP) is 0.812. The van der Waals surface area contributed by atoms with Crippen molar-refractivity contribution in [3.63, 3.8) is 0 Å². The Hall–Kier alpha value is -2.46. The lowest BCUT2D eigenvalue weighted by Gasteiger charge is -2.17. The molecule has 0 spiro atoms. The minimum Gasteiger partial charge on any atom is -0.396 e. The van der Waals surface area contributed by atoms with E-state index >= 15 is 0 Å². The van der Waals surface area contributed by atoms with E-state index in [9.17, 15) is 14.9 Å². The van der Waals surface area contributed by atoms with Gasteiger partial charge in [0.15, 0.2) is 0 Å². The number of anilines is 1. The van der Waals surface area contributed by atoms with Gasteiger partial charge in [-0.3, -0.25) is 14.9 Å². The van der Waals surface area contributed by atoms with Crippen LogP contribution in [-0.4, -0.2) is 29.1 Å². The number of carbonyl (C=O) groups is 1. The molecule has 7 heteroatoms. The van der Waals surface area contributed by atoms with Crippen LogP contribution in [0.1, 0.15) is 12.0 Å². The SMILES string of the molecule is N#Cc1cc([N+](=O)[O-])ccc1N1CC(CO)CC1=O. The Balaban J connectivity index is 2.38. The average molecular weight is 261 g/mol. The number of nitro groups is 1. The van der Waals surface area contributed by atoms with Crippen molar-refractivity contribution in [3.05, 3.63) is 33.9 Å². The molecule has 1 aromatic carbocycles. The van der Waals surface area contributed by atoms with Gasteiger partial charge >= 0.3 is 0 Å². The largest absolute Gasteiger partial charge is 0.396 e. The molecule has 19 heavy (non-hydrogen) atoms. The molecule has 2 rings (SSSR count). The zero-order valence-electron chi connectivity index (χ0n) is 9.94. The van der Waals surface area contributed by atoms with Gasteiger partial charge in [0.05, 0.1) is 16.2 Å². The standard InChI is InChI=1S/C12H11N3O4/c13-5-9-4-10(15(18)19)1-2-11(9)14-6-8(7-16)3-12(14)17/h1-2,4,8,16H,3,6-7H2. The summed E-state index contributed by atoms with van der Waals surface area (Å²) in [5, 5.41) is 28.7. The maximum Gasteiger partial charge on any atom is 0.270 e. The van der Waals surface area contributed by atoms with Gasteiger partial charge in [0.1, 0.15) is 6.07 Å². The monoisotopic (exact) mass is 261 g/mol. The summed E-state index contributed by atoms with van der Waals surface area (Å²) in [6.07, 6.45) is 0.221. The first-order valence-electron chi connectivity index (χ1n) is 5.66. The van der Waals surface area contributed by atoms with Gasteiger partial charge in [-0.1, -0.05) is 0 Å². The van der Waals surface area contributed by atoms with Crippen LogP contribution in [0.5, 0.6) is 0 Å². The first-order valence-corrected chi connectivity index (χ1v) is 5.66. The number of hydrogen-bond acceptors (Lipinski definition) is 5. The number of nitrogens with zero attached hydrogens (tertiary/aromatic N) is 3. The molecule has 1 aromatic rings. The number of amides is 1. The lowest BCUT2D eigenvalue weighted by Crippen LogP contribution is -2.25. The molecule has 1 aliphatic heterocycles. The van der Waals surface area contributed by atoms with Crippen molar-refractivity contribution in [2.75, 3.05) is 18.1 Å². The molecule has 7 nitrogen and oxygen atoms in total. The zero-order valence-corrected chi connectivity index (χ0v) is 9.94. The summed E-state index contributed by atoms with van der Waals surface area (Å²) in [5.74, 6) is -0.348. The topological polar surface area (TPSA) is 107 Å². The van der Waals surface area contributed by atoms with Gasteiger partial charge in [0.2, 0.25) is 5.91 Å². The molecule has 0 saturated carbocycles. The summed E-state index contributed by atoms with van der Waals surface area (Å²) in [7, 11) is 0. The van der Waals surface area contributed by atoms with Gasteiger partial charge in [-0.25, -0.2) is 0 Å². The number of hydrogen-bond donors (Lipinski definition) is 1. The third-order valence-electron chi connectivity index (χ3n) is 3.07. The molecule has 0 aromatic heterocycles. The number of aliphatic hydroxyl groups is 1. The Labute approximate surface area is 108 Å². The fraction of sp³-hybridized carbons (Fsp3) is 0.333. The summed E-state index contributed by atoms with van der Waals surface area (Å²) in [6, 6.07) is 5.66. The fourth-order valence-electron chi connectivity index (χ4n) is 2.10. The Morgan fingerprint density at radius 3 is 2.84 bits per heavy atom. The number of non-ortho nitro benzene ring substituents is 1. The van der Waals surface area contributed by atoms with Crippen LogP contribution in [0.4, 0.5) is 11.4 Å². The van der Waals surface area contributed by atoms with E-state index in [1.54, 1.807) is 0 Å².